The molecule has 1 aliphatic heterocycles. The van der Waals surface area contributed by atoms with E-state index in [4.69, 9.17) is 9.72 Å². The Kier molecular flexibility index (Phi) is 5.43. The van der Waals surface area contributed by atoms with Gasteiger partial charge in [-0.2, -0.15) is 5.10 Å². The predicted molar refractivity (Wildman–Crippen MR) is 125 cm³/mol. The number of aromatic nitrogens is 3. The topological polar surface area (TPSA) is 83.8 Å². The first-order valence-corrected chi connectivity index (χ1v) is 10.6. The molecule has 2 aromatic carbocycles. The van der Waals surface area contributed by atoms with Crippen molar-refractivity contribution in [2.75, 3.05) is 41.8 Å². The van der Waals surface area contributed by atoms with Crippen molar-refractivity contribution in [1.82, 2.24) is 14.6 Å². The van der Waals surface area contributed by atoms with E-state index in [0.717, 1.165) is 60.3 Å². The van der Waals surface area contributed by atoms with Gasteiger partial charge in [-0.15, -0.1) is 0 Å². The Labute approximate surface area is 185 Å². The molecule has 0 spiro atoms. The minimum absolute atomic E-state index is 0.105. The standard InChI is InChI=1S/C24H24N6O2/c1-17(31)26-20-4-2-3-18(15-20)22-16-25-30-10-9-23(28-24(22)30)27-19-5-7-21(8-6-19)29-11-13-32-14-12-29/h2-10,15-16H,11-14H2,1H3,(H,26,31)(H,27,28). The molecular weight excluding hydrogens is 404 g/mol. The van der Waals surface area contributed by atoms with Crippen molar-refractivity contribution in [2.45, 2.75) is 6.92 Å². The van der Waals surface area contributed by atoms with E-state index in [0.29, 0.717) is 0 Å². The second-order valence-corrected chi connectivity index (χ2v) is 7.67. The van der Waals surface area contributed by atoms with Crippen LogP contribution in [0.15, 0.2) is 67.0 Å². The third kappa shape index (κ3) is 4.26. The van der Waals surface area contributed by atoms with E-state index in [1.54, 1.807) is 10.7 Å². The molecule has 4 aromatic rings. The summed E-state index contributed by atoms with van der Waals surface area (Å²) in [7, 11) is 0. The van der Waals surface area contributed by atoms with Gasteiger partial charge < -0.3 is 20.3 Å². The van der Waals surface area contributed by atoms with Crippen LogP contribution in [0.5, 0.6) is 0 Å². The van der Waals surface area contributed by atoms with Gasteiger partial charge in [0.25, 0.3) is 0 Å². The number of carbonyl (C=O) groups is 1. The number of benzene rings is 2. The first kappa shape index (κ1) is 20.0. The fourth-order valence-corrected chi connectivity index (χ4v) is 3.83. The Hall–Kier alpha value is -3.91. The molecule has 1 amide bonds. The highest BCUT2D eigenvalue weighted by molar-refractivity contribution is 5.90. The summed E-state index contributed by atoms with van der Waals surface area (Å²) in [4.78, 5) is 18.5. The van der Waals surface area contributed by atoms with E-state index in [2.05, 4.69) is 44.9 Å². The molecule has 0 unspecified atom stereocenters. The van der Waals surface area contributed by atoms with Crippen LogP contribution in [-0.2, 0) is 9.53 Å². The van der Waals surface area contributed by atoms with Crippen LogP contribution in [0.3, 0.4) is 0 Å². The molecule has 0 saturated carbocycles. The van der Waals surface area contributed by atoms with Crippen LogP contribution in [0.4, 0.5) is 22.9 Å². The van der Waals surface area contributed by atoms with E-state index < -0.39 is 0 Å². The first-order chi connectivity index (χ1) is 15.7. The maximum atomic E-state index is 11.4. The summed E-state index contributed by atoms with van der Waals surface area (Å²) in [5.74, 6) is 0.627. The van der Waals surface area contributed by atoms with Gasteiger partial charge in [0, 0.05) is 48.8 Å². The quantitative estimate of drug-likeness (QED) is 0.501. The van der Waals surface area contributed by atoms with Gasteiger partial charge in [0.1, 0.15) is 5.82 Å². The zero-order valence-electron chi connectivity index (χ0n) is 17.8. The van der Waals surface area contributed by atoms with E-state index in [-0.39, 0.29) is 5.91 Å². The Balaban J connectivity index is 1.38. The number of hydrogen-bond acceptors (Lipinski definition) is 6. The molecule has 3 heterocycles. The van der Waals surface area contributed by atoms with Crippen molar-refractivity contribution in [1.29, 1.82) is 0 Å². The monoisotopic (exact) mass is 428 g/mol. The number of hydrogen-bond donors (Lipinski definition) is 2. The summed E-state index contributed by atoms with van der Waals surface area (Å²) in [5, 5.41) is 10.6. The molecule has 32 heavy (non-hydrogen) atoms. The third-order valence-electron chi connectivity index (χ3n) is 5.38. The summed E-state index contributed by atoms with van der Waals surface area (Å²) >= 11 is 0. The number of amides is 1. The summed E-state index contributed by atoms with van der Waals surface area (Å²) in [6.07, 6.45) is 3.67. The van der Waals surface area contributed by atoms with E-state index >= 15 is 0 Å². The largest absolute Gasteiger partial charge is 0.378 e. The fraction of sp³-hybridized carbons (Fsp3) is 0.208. The van der Waals surface area contributed by atoms with Crippen molar-refractivity contribution in [3.63, 3.8) is 0 Å². The molecule has 5 rings (SSSR count). The molecule has 1 aliphatic rings. The average Bonchev–Trinajstić information content (AvgIpc) is 3.23. The Morgan fingerprint density at radius 2 is 1.84 bits per heavy atom. The molecule has 0 radical (unpaired) electrons. The first-order valence-electron chi connectivity index (χ1n) is 10.6. The summed E-state index contributed by atoms with van der Waals surface area (Å²) < 4.78 is 7.17. The van der Waals surface area contributed by atoms with Crippen molar-refractivity contribution in [3.05, 3.63) is 67.0 Å². The highest BCUT2D eigenvalue weighted by Gasteiger charge is 2.12. The van der Waals surface area contributed by atoms with Crippen molar-refractivity contribution >= 4 is 34.4 Å². The smallest absolute Gasteiger partial charge is 0.221 e. The number of anilines is 4. The number of ether oxygens (including phenoxy) is 1. The van der Waals surface area contributed by atoms with Gasteiger partial charge in [0.2, 0.25) is 5.91 Å². The van der Waals surface area contributed by atoms with E-state index in [1.165, 1.54) is 12.6 Å². The highest BCUT2D eigenvalue weighted by atomic mass is 16.5. The molecule has 1 fully saturated rings. The van der Waals surface area contributed by atoms with Crippen LogP contribution < -0.4 is 15.5 Å². The Bertz CT molecular complexity index is 1250. The van der Waals surface area contributed by atoms with Crippen molar-refractivity contribution in [3.8, 4) is 11.1 Å². The number of morpholine rings is 1. The molecule has 162 valence electrons. The van der Waals surface area contributed by atoms with Crippen molar-refractivity contribution in [2.24, 2.45) is 0 Å². The van der Waals surface area contributed by atoms with Gasteiger partial charge in [0.15, 0.2) is 5.65 Å². The van der Waals surface area contributed by atoms with Gasteiger partial charge in [-0.1, -0.05) is 12.1 Å². The summed E-state index contributed by atoms with van der Waals surface area (Å²) in [6.45, 7) is 4.86. The molecule has 1 saturated heterocycles. The van der Waals surface area contributed by atoms with Gasteiger partial charge in [-0.25, -0.2) is 9.50 Å². The molecule has 2 N–H and O–H groups in total. The lowest BCUT2D eigenvalue weighted by atomic mass is 10.1. The van der Waals surface area contributed by atoms with Crippen LogP contribution in [0, 0.1) is 0 Å². The minimum Gasteiger partial charge on any atom is -0.378 e. The highest BCUT2D eigenvalue weighted by Crippen LogP contribution is 2.27. The molecule has 0 aliphatic carbocycles. The minimum atomic E-state index is -0.105. The molecule has 8 heteroatoms. The molecule has 8 nitrogen and oxygen atoms in total. The third-order valence-corrected chi connectivity index (χ3v) is 5.38. The van der Waals surface area contributed by atoms with E-state index in [1.807, 2.05) is 36.5 Å². The van der Waals surface area contributed by atoms with Crippen LogP contribution >= 0.6 is 0 Å². The van der Waals surface area contributed by atoms with Crippen LogP contribution in [0.25, 0.3) is 16.8 Å². The van der Waals surface area contributed by atoms with Gasteiger partial charge >= 0.3 is 0 Å². The number of nitrogens with one attached hydrogen (secondary N) is 2. The van der Waals surface area contributed by atoms with Gasteiger partial charge in [0.05, 0.1) is 19.4 Å². The Morgan fingerprint density at radius 3 is 2.62 bits per heavy atom. The van der Waals surface area contributed by atoms with Gasteiger partial charge in [-0.05, 0) is 48.0 Å². The maximum absolute atomic E-state index is 11.4. The lowest BCUT2D eigenvalue weighted by Gasteiger charge is -2.28. The second-order valence-electron chi connectivity index (χ2n) is 7.67. The number of carbonyl (C=O) groups excluding carboxylic acids is 1. The van der Waals surface area contributed by atoms with Crippen molar-refractivity contribution < 1.29 is 9.53 Å². The molecular formula is C24H24N6O2. The predicted octanol–water partition coefficient (Wildman–Crippen LogP) is 3.93. The van der Waals surface area contributed by atoms with Crippen LogP contribution in [0.1, 0.15) is 6.92 Å². The van der Waals surface area contributed by atoms with Crippen LogP contribution in [0.2, 0.25) is 0 Å². The average molecular weight is 428 g/mol. The molecule has 0 atom stereocenters. The normalized spacial score (nSPS) is 13.8. The number of nitrogens with zero attached hydrogens (tertiary/aromatic N) is 4. The van der Waals surface area contributed by atoms with Crippen LogP contribution in [-0.4, -0.2) is 46.8 Å². The zero-order chi connectivity index (χ0) is 21.9. The molecule has 0 bridgehead atoms. The van der Waals surface area contributed by atoms with E-state index in [9.17, 15) is 4.79 Å². The maximum Gasteiger partial charge on any atom is 0.221 e. The second kappa shape index (κ2) is 8.68. The number of fused-ring (bicyclic) bond motifs is 1. The van der Waals surface area contributed by atoms with Gasteiger partial charge in [-0.3, -0.25) is 4.79 Å². The summed E-state index contributed by atoms with van der Waals surface area (Å²) in [5.41, 5.74) is 5.46. The number of rotatable bonds is 5. The SMILES string of the molecule is CC(=O)Nc1cccc(-c2cnn3ccc(Nc4ccc(N5CCOCC5)cc4)nc23)c1. The summed E-state index contributed by atoms with van der Waals surface area (Å²) in [6, 6.07) is 17.9. The zero-order valence-corrected chi connectivity index (χ0v) is 17.8. The lowest BCUT2D eigenvalue weighted by molar-refractivity contribution is -0.114. The lowest BCUT2D eigenvalue weighted by Crippen LogP contribution is -2.36. The molecule has 2 aromatic heterocycles. The Morgan fingerprint density at radius 1 is 1.03 bits per heavy atom. The fourth-order valence-electron chi connectivity index (χ4n) is 3.83.